The van der Waals surface area contributed by atoms with E-state index >= 15 is 0 Å². The minimum atomic E-state index is -3.33. The lowest BCUT2D eigenvalue weighted by atomic mass is 9.82. The minimum Gasteiger partial charge on any atom is -0.306 e. The zero-order chi connectivity index (χ0) is 13.0. The number of nitrogens with zero attached hydrogens (tertiary/aromatic N) is 3. The Labute approximate surface area is 107 Å². The average molecular weight is 267 g/mol. The summed E-state index contributed by atoms with van der Waals surface area (Å²) in [5, 5.41) is 0. The number of pyridine rings is 1. The summed E-state index contributed by atoms with van der Waals surface area (Å²) in [7, 11) is 0.430. The van der Waals surface area contributed by atoms with E-state index in [1.54, 1.807) is 29.8 Å². The molecule has 3 heterocycles. The van der Waals surface area contributed by atoms with Gasteiger partial charge in [-0.15, -0.1) is 0 Å². The van der Waals surface area contributed by atoms with Crippen LogP contribution in [0.4, 0.5) is 0 Å². The Morgan fingerprint density at radius 1 is 1.28 bits per heavy atom. The molecular weight excluding hydrogens is 250 g/mol. The topological polar surface area (TPSA) is 53.5 Å². The molecule has 98 valence electrons. The van der Waals surface area contributed by atoms with Crippen molar-refractivity contribution in [2.45, 2.75) is 23.3 Å². The number of rotatable bonds is 0. The number of fused-ring (bicyclic) bond motifs is 2. The summed E-state index contributed by atoms with van der Waals surface area (Å²) in [6.45, 7) is 1.82. The third-order valence-electron chi connectivity index (χ3n) is 4.34. The third-order valence-corrected chi connectivity index (χ3v) is 6.32. The van der Waals surface area contributed by atoms with Gasteiger partial charge in [0.25, 0.3) is 0 Å². The maximum absolute atomic E-state index is 12.4. The molecule has 0 aromatic carbocycles. The van der Waals surface area contributed by atoms with Crippen molar-refractivity contribution < 1.29 is 8.42 Å². The van der Waals surface area contributed by atoms with Gasteiger partial charge in [0.05, 0.1) is 10.4 Å². The highest BCUT2D eigenvalue weighted by Crippen LogP contribution is 2.48. The van der Waals surface area contributed by atoms with Crippen molar-refractivity contribution in [3.05, 3.63) is 24.0 Å². The first-order valence-electron chi connectivity index (χ1n) is 6.10. The van der Waals surface area contributed by atoms with Crippen molar-refractivity contribution in [3.63, 3.8) is 0 Å². The van der Waals surface area contributed by atoms with Crippen molar-refractivity contribution >= 4 is 10.0 Å². The van der Waals surface area contributed by atoms with Crippen molar-refractivity contribution in [1.29, 1.82) is 0 Å². The molecule has 1 saturated heterocycles. The maximum atomic E-state index is 12.4. The normalized spacial score (nSPS) is 26.3. The second-order valence-corrected chi connectivity index (χ2v) is 7.12. The van der Waals surface area contributed by atoms with Crippen LogP contribution in [-0.2, 0) is 15.6 Å². The minimum absolute atomic E-state index is 0.380. The number of sulfonamides is 1. The van der Waals surface area contributed by atoms with Gasteiger partial charge >= 0.3 is 0 Å². The molecule has 0 radical (unpaired) electrons. The van der Waals surface area contributed by atoms with E-state index in [2.05, 4.69) is 16.9 Å². The van der Waals surface area contributed by atoms with Gasteiger partial charge in [0.1, 0.15) is 0 Å². The zero-order valence-electron chi connectivity index (χ0n) is 10.6. The number of hydrogen-bond donors (Lipinski definition) is 0. The quantitative estimate of drug-likeness (QED) is 0.692. The molecule has 0 amide bonds. The number of aromatic nitrogens is 1. The largest absolute Gasteiger partial charge is 0.306 e. The highest BCUT2D eigenvalue weighted by Gasteiger charge is 2.52. The number of piperidine rings is 1. The molecule has 5 nitrogen and oxygen atoms in total. The zero-order valence-corrected chi connectivity index (χ0v) is 11.4. The van der Waals surface area contributed by atoms with Crippen molar-refractivity contribution in [1.82, 2.24) is 14.2 Å². The van der Waals surface area contributed by atoms with Gasteiger partial charge in [-0.05, 0) is 39.0 Å². The summed E-state index contributed by atoms with van der Waals surface area (Å²) < 4.78 is 26.4. The predicted octanol–water partition coefficient (Wildman–Crippen LogP) is 0.637. The molecule has 0 unspecified atom stereocenters. The molecule has 0 N–H and O–H groups in total. The van der Waals surface area contributed by atoms with E-state index in [9.17, 15) is 8.42 Å². The van der Waals surface area contributed by atoms with E-state index in [1.165, 1.54) is 0 Å². The van der Waals surface area contributed by atoms with Crippen LogP contribution in [0, 0.1) is 0 Å². The first-order chi connectivity index (χ1) is 8.48. The summed E-state index contributed by atoms with van der Waals surface area (Å²) in [4.78, 5) is 6.79. The van der Waals surface area contributed by atoms with Crippen LogP contribution in [0.1, 0.15) is 18.4 Å². The molecule has 2 aliphatic heterocycles. The Kier molecular flexibility index (Phi) is 2.52. The molecule has 1 fully saturated rings. The van der Waals surface area contributed by atoms with Gasteiger partial charge in [-0.2, -0.15) is 4.31 Å². The van der Waals surface area contributed by atoms with Crippen LogP contribution in [-0.4, -0.2) is 49.8 Å². The van der Waals surface area contributed by atoms with Crippen LogP contribution < -0.4 is 0 Å². The highest BCUT2D eigenvalue weighted by molar-refractivity contribution is 7.89. The molecule has 0 bridgehead atoms. The lowest BCUT2D eigenvalue weighted by Crippen LogP contribution is -2.48. The van der Waals surface area contributed by atoms with E-state index in [0.29, 0.717) is 4.90 Å². The average Bonchev–Trinajstić information content (AvgIpc) is 2.54. The van der Waals surface area contributed by atoms with Crippen LogP contribution >= 0.6 is 0 Å². The molecule has 1 aromatic heterocycles. The lowest BCUT2D eigenvalue weighted by molar-refractivity contribution is 0.109. The number of hydrogen-bond acceptors (Lipinski definition) is 4. The monoisotopic (exact) mass is 267 g/mol. The summed E-state index contributed by atoms with van der Waals surface area (Å²) >= 11 is 0. The molecule has 0 saturated carbocycles. The Bertz CT molecular complexity index is 577. The van der Waals surface area contributed by atoms with Crippen LogP contribution in [0.15, 0.2) is 23.4 Å². The van der Waals surface area contributed by atoms with E-state index in [4.69, 9.17) is 0 Å². The SMILES string of the molecule is CN1CCC2(CC1)c1cnccc1S(=O)(=O)N2C. The van der Waals surface area contributed by atoms with Crippen molar-refractivity contribution in [2.75, 3.05) is 27.2 Å². The number of likely N-dealkylation sites (tertiary alicyclic amines) is 1. The van der Waals surface area contributed by atoms with Gasteiger partial charge in [0.15, 0.2) is 0 Å². The van der Waals surface area contributed by atoms with E-state index in [1.807, 2.05) is 0 Å². The molecule has 1 spiro atoms. The van der Waals surface area contributed by atoms with E-state index in [-0.39, 0.29) is 5.54 Å². The van der Waals surface area contributed by atoms with Gasteiger partial charge in [-0.1, -0.05) is 0 Å². The maximum Gasteiger partial charge on any atom is 0.244 e. The molecule has 18 heavy (non-hydrogen) atoms. The Morgan fingerprint density at radius 3 is 2.61 bits per heavy atom. The second-order valence-electron chi connectivity index (χ2n) is 5.18. The molecular formula is C12H17N3O2S. The van der Waals surface area contributed by atoms with E-state index in [0.717, 1.165) is 31.5 Å². The first-order valence-corrected chi connectivity index (χ1v) is 7.54. The third kappa shape index (κ3) is 1.39. The fourth-order valence-corrected chi connectivity index (χ4v) is 4.87. The van der Waals surface area contributed by atoms with Crippen LogP contribution in [0.2, 0.25) is 0 Å². The lowest BCUT2D eigenvalue weighted by Gasteiger charge is -2.41. The van der Waals surface area contributed by atoms with Crippen LogP contribution in [0.25, 0.3) is 0 Å². The fourth-order valence-electron chi connectivity index (χ4n) is 3.08. The summed E-state index contributed by atoms with van der Waals surface area (Å²) in [6, 6.07) is 1.62. The molecule has 0 aliphatic carbocycles. The van der Waals surface area contributed by atoms with Crippen LogP contribution in [0.5, 0.6) is 0 Å². The molecule has 3 rings (SSSR count). The molecule has 1 aromatic rings. The summed E-state index contributed by atoms with van der Waals surface area (Å²) in [5.41, 5.74) is 0.496. The standard InChI is InChI=1S/C12H17N3O2S/c1-14-7-4-12(5-8-14)10-9-13-6-3-11(10)18(16,17)15(12)2/h3,6,9H,4-5,7-8H2,1-2H3. The van der Waals surface area contributed by atoms with E-state index < -0.39 is 10.0 Å². The van der Waals surface area contributed by atoms with Gasteiger partial charge < -0.3 is 4.90 Å². The fraction of sp³-hybridized carbons (Fsp3) is 0.583. The van der Waals surface area contributed by atoms with Gasteiger partial charge in [0, 0.05) is 25.0 Å². The van der Waals surface area contributed by atoms with Crippen molar-refractivity contribution in [2.24, 2.45) is 0 Å². The smallest absolute Gasteiger partial charge is 0.244 e. The summed E-state index contributed by atoms with van der Waals surface area (Å²) in [6.07, 6.45) is 4.94. The second kappa shape index (κ2) is 3.76. The highest BCUT2D eigenvalue weighted by atomic mass is 32.2. The predicted molar refractivity (Wildman–Crippen MR) is 67.6 cm³/mol. The van der Waals surface area contributed by atoms with Gasteiger partial charge in [0.2, 0.25) is 10.0 Å². The Hall–Kier alpha value is -0.980. The molecule has 2 aliphatic rings. The Morgan fingerprint density at radius 2 is 1.94 bits per heavy atom. The first kappa shape index (κ1) is 12.1. The summed E-state index contributed by atoms with van der Waals surface area (Å²) in [5.74, 6) is 0. The van der Waals surface area contributed by atoms with Gasteiger partial charge in [-0.25, -0.2) is 8.42 Å². The van der Waals surface area contributed by atoms with Crippen molar-refractivity contribution in [3.8, 4) is 0 Å². The van der Waals surface area contributed by atoms with Gasteiger partial charge in [-0.3, -0.25) is 4.98 Å². The molecule has 0 atom stereocenters. The molecule has 6 heteroatoms. The Balaban J connectivity index is 2.18. The van der Waals surface area contributed by atoms with Crippen LogP contribution in [0.3, 0.4) is 0 Å².